The van der Waals surface area contributed by atoms with Crippen LogP contribution < -0.4 is 9.30 Å². The molecule has 1 atom stereocenters. The summed E-state index contributed by atoms with van der Waals surface area (Å²) >= 11 is 0. The molecule has 0 fully saturated rings. The molecule has 2 heterocycles. The highest BCUT2D eigenvalue weighted by Gasteiger charge is 2.28. The second-order valence-electron chi connectivity index (χ2n) is 4.20. The number of ether oxygens (including phenoxy) is 1. The first-order valence-corrected chi connectivity index (χ1v) is 5.34. The quantitative estimate of drug-likeness (QED) is 0.595. The highest BCUT2D eigenvalue weighted by Crippen LogP contribution is 2.27. The van der Waals surface area contributed by atoms with E-state index in [2.05, 4.69) is 36.6 Å². The molecule has 0 amide bonds. The van der Waals surface area contributed by atoms with Gasteiger partial charge in [0.2, 0.25) is 0 Å². The van der Waals surface area contributed by atoms with Gasteiger partial charge in [0.1, 0.15) is 6.61 Å². The van der Waals surface area contributed by atoms with Crippen molar-refractivity contribution in [3.05, 3.63) is 36.0 Å². The molecule has 1 aromatic heterocycles. The zero-order chi connectivity index (χ0) is 10.4. The second kappa shape index (κ2) is 2.96. The zero-order valence-corrected chi connectivity index (χ0v) is 9.03. The van der Waals surface area contributed by atoms with E-state index in [0.29, 0.717) is 6.04 Å². The molecule has 1 aliphatic heterocycles. The zero-order valence-electron chi connectivity index (χ0n) is 9.03. The number of hydrogen-bond acceptors (Lipinski definition) is 1. The fourth-order valence-corrected chi connectivity index (χ4v) is 2.37. The lowest BCUT2D eigenvalue weighted by molar-refractivity contribution is -0.705. The Hall–Kier alpha value is -1.57. The number of pyridine rings is 1. The van der Waals surface area contributed by atoms with Crippen molar-refractivity contribution in [3.63, 3.8) is 0 Å². The second-order valence-corrected chi connectivity index (χ2v) is 4.20. The first-order valence-electron chi connectivity index (χ1n) is 5.34. The van der Waals surface area contributed by atoms with Crippen LogP contribution in [-0.4, -0.2) is 6.61 Å². The van der Waals surface area contributed by atoms with Gasteiger partial charge in [-0.1, -0.05) is 6.07 Å². The van der Waals surface area contributed by atoms with Crippen molar-refractivity contribution in [2.24, 2.45) is 0 Å². The van der Waals surface area contributed by atoms with Gasteiger partial charge in [0.05, 0.1) is 5.39 Å². The van der Waals surface area contributed by atoms with Gasteiger partial charge in [0.25, 0.3) is 5.52 Å². The molecule has 0 spiro atoms. The molecule has 0 radical (unpaired) electrons. The summed E-state index contributed by atoms with van der Waals surface area (Å²) < 4.78 is 8.11. The van der Waals surface area contributed by atoms with Crippen LogP contribution in [0.5, 0.6) is 5.75 Å². The minimum atomic E-state index is 0.420. The van der Waals surface area contributed by atoms with Crippen LogP contribution in [0.25, 0.3) is 10.9 Å². The van der Waals surface area contributed by atoms with Crippen molar-refractivity contribution >= 4 is 10.9 Å². The number of para-hydroxylation sites is 1. The molecule has 76 valence electrons. The Labute approximate surface area is 89.1 Å². The molecular weight excluding hydrogens is 186 g/mol. The average molecular weight is 200 g/mol. The Morgan fingerprint density at radius 2 is 2.13 bits per heavy atom. The van der Waals surface area contributed by atoms with E-state index in [9.17, 15) is 0 Å². The number of nitrogens with zero attached hydrogens (tertiary/aromatic N) is 1. The lowest BCUT2D eigenvalue weighted by atomic mass is 10.1. The van der Waals surface area contributed by atoms with Crippen LogP contribution in [0.4, 0.5) is 0 Å². The normalized spacial score (nSPS) is 18.9. The molecule has 2 aromatic rings. The third-order valence-electron chi connectivity index (χ3n) is 3.08. The molecule has 1 unspecified atom stereocenters. The van der Waals surface area contributed by atoms with Crippen molar-refractivity contribution in [2.45, 2.75) is 19.9 Å². The SMILES string of the molecule is Cc1ccc2cccc3c2[n+]1C(C)CO3. The number of rotatable bonds is 0. The molecule has 2 heteroatoms. The molecule has 3 rings (SSSR count). The Morgan fingerprint density at radius 1 is 1.27 bits per heavy atom. The molecular formula is C13H14NO+. The molecule has 0 N–H and O–H groups in total. The number of aryl methyl sites for hydroxylation is 1. The fraction of sp³-hybridized carbons (Fsp3) is 0.308. The lowest BCUT2D eigenvalue weighted by Crippen LogP contribution is -2.47. The van der Waals surface area contributed by atoms with E-state index in [1.54, 1.807) is 0 Å². The summed E-state index contributed by atoms with van der Waals surface area (Å²) in [4.78, 5) is 0. The van der Waals surface area contributed by atoms with E-state index in [4.69, 9.17) is 4.74 Å². The van der Waals surface area contributed by atoms with E-state index >= 15 is 0 Å². The van der Waals surface area contributed by atoms with Crippen LogP contribution in [0.1, 0.15) is 18.7 Å². The van der Waals surface area contributed by atoms with Gasteiger partial charge < -0.3 is 4.74 Å². The van der Waals surface area contributed by atoms with Gasteiger partial charge in [0, 0.05) is 19.9 Å². The summed E-state index contributed by atoms with van der Waals surface area (Å²) in [5.41, 5.74) is 2.53. The number of benzene rings is 1. The van der Waals surface area contributed by atoms with Crippen LogP contribution in [0.3, 0.4) is 0 Å². The molecule has 0 bridgehead atoms. The van der Waals surface area contributed by atoms with Gasteiger partial charge in [-0.25, -0.2) is 0 Å². The lowest BCUT2D eigenvalue weighted by Gasteiger charge is -2.19. The minimum absolute atomic E-state index is 0.420. The maximum Gasteiger partial charge on any atom is 0.255 e. The smallest absolute Gasteiger partial charge is 0.255 e. The molecule has 1 aromatic carbocycles. The van der Waals surface area contributed by atoms with Crippen LogP contribution in [0.2, 0.25) is 0 Å². The predicted molar refractivity (Wildman–Crippen MR) is 59.1 cm³/mol. The topological polar surface area (TPSA) is 13.1 Å². The first kappa shape index (κ1) is 8.72. The van der Waals surface area contributed by atoms with Crippen molar-refractivity contribution in [3.8, 4) is 5.75 Å². The summed E-state index contributed by atoms with van der Waals surface area (Å²) in [6.45, 7) is 5.11. The van der Waals surface area contributed by atoms with Crippen LogP contribution in [0, 0.1) is 6.92 Å². The standard InChI is InChI=1S/C13H14NO/c1-9-6-7-11-4-3-5-12-13(11)14(9)10(2)8-15-12/h3-7,10H,8H2,1-2H3/q+1. The highest BCUT2D eigenvalue weighted by atomic mass is 16.5. The Bertz CT molecular complexity index is 533. The number of hydrogen-bond donors (Lipinski definition) is 0. The molecule has 2 nitrogen and oxygen atoms in total. The Kier molecular flexibility index (Phi) is 1.72. The van der Waals surface area contributed by atoms with E-state index in [-0.39, 0.29) is 0 Å². The monoisotopic (exact) mass is 200 g/mol. The van der Waals surface area contributed by atoms with Gasteiger partial charge in [-0.05, 0) is 18.2 Å². The summed E-state index contributed by atoms with van der Waals surface area (Å²) in [7, 11) is 0. The van der Waals surface area contributed by atoms with E-state index < -0.39 is 0 Å². The molecule has 15 heavy (non-hydrogen) atoms. The highest BCUT2D eigenvalue weighted by molar-refractivity contribution is 5.81. The summed E-state index contributed by atoms with van der Waals surface area (Å²) in [5, 5.41) is 1.25. The molecule has 0 saturated carbocycles. The number of aromatic nitrogens is 1. The summed E-state index contributed by atoms with van der Waals surface area (Å²) in [6.07, 6.45) is 0. The van der Waals surface area contributed by atoms with Gasteiger partial charge in [-0.15, -0.1) is 0 Å². The van der Waals surface area contributed by atoms with Gasteiger partial charge in [-0.3, -0.25) is 0 Å². The Morgan fingerprint density at radius 3 is 3.00 bits per heavy atom. The minimum Gasteiger partial charge on any atom is -0.480 e. The van der Waals surface area contributed by atoms with E-state index in [0.717, 1.165) is 12.4 Å². The summed E-state index contributed by atoms with van der Waals surface area (Å²) in [6, 6.07) is 11.0. The average Bonchev–Trinajstić information content (AvgIpc) is 2.25. The maximum absolute atomic E-state index is 5.74. The van der Waals surface area contributed by atoms with Crippen molar-refractivity contribution in [1.29, 1.82) is 0 Å². The van der Waals surface area contributed by atoms with Crippen LogP contribution in [-0.2, 0) is 0 Å². The molecule has 0 saturated heterocycles. The maximum atomic E-state index is 5.74. The summed E-state index contributed by atoms with van der Waals surface area (Å²) in [5.74, 6) is 1.01. The third kappa shape index (κ3) is 1.14. The predicted octanol–water partition coefficient (Wildman–Crippen LogP) is 2.39. The van der Waals surface area contributed by atoms with Gasteiger partial charge in [-0.2, -0.15) is 4.57 Å². The van der Waals surface area contributed by atoms with Gasteiger partial charge >= 0.3 is 0 Å². The van der Waals surface area contributed by atoms with Crippen LogP contribution in [0.15, 0.2) is 30.3 Å². The van der Waals surface area contributed by atoms with Crippen molar-refractivity contribution in [2.75, 3.05) is 6.61 Å². The first-order chi connectivity index (χ1) is 7.27. The van der Waals surface area contributed by atoms with Crippen molar-refractivity contribution in [1.82, 2.24) is 0 Å². The molecule has 0 aliphatic carbocycles. The largest absolute Gasteiger partial charge is 0.480 e. The third-order valence-corrected chi connectivity index (χ3v) is 3.08. The molecule has 1 aliphatic rings. The van der Waals surface area contributed by atoms with E-state index in [1.165, 1.54) is 16.6 Å². The Balaban J connectivity index is 2.49. The van der Waals surface area contributed by atoms with Crippen LogP contribution >= 0.6 is 0 Å². The van der Waals surface area contributed by atoms with Gasteiger partial charge in [0.15, 0.2) is 17.5 Å². The van der Waals surface area contributed by atoms with Crippen molar-refractivity contribution < 1.29 is 9.30 Å². The van der Waals surface area contributed by atoms with E-state index in [1.807, 2.05) is 12.1 Å². The fourth-order valence-electron chi connectivity index (χ4n) is 2.37.